The molecule has 0 saturated heterocycles. The Morgan fingerprint density at radius 1 is 1.17 bits per heavy atom. The molecule has 1 aromatic carbocycles. The van der Waals surface area contributed by atoms with Crippen LogP contribution in [0.3, 0.4) is 0 Å². The lowest BCUT2D eigenvalue weighted by Crippen LogP contribution is -2.30. The number of furan rings is 1. The molecule has 1 unspecified atom stereocenters. The molecule has 1 aromatic heterocycles. The van der Waals surface area contributed by atoms with Gasteiger partial charge in [-0.2, -0.15) is 0 Å². The number of hydrogen-bond acceptors (Lipinski definition) is 2. The van der Waals surface area contributed by atoms with E-state index in [0.29, 0.717) is 6.04 Å². The van der Waals surface area contributed by atoms with Crippen LogP contribution in [0.5, 0.6) is 0 Å². The fourth-order valence-electron chi connectivity index (χ4n) is 2.13. The highest BCUT2D eigenvalue weighted by molar-refractivity contribution is 6.31. The van der Waals surface area contributed by atoms with Crippen LogP contribution in [-0.4, -0.2) is 6.04 Å². The summed E-state index contributed by atoms with van der Waals surface area (Å²) < 4.78 is 5.35. The average Bonchev–Trinajstić information content (AvgIpc) is 2.82. The van der Waals surface area contributed by atoms with Gasteiger partial charge in [-0.1, -0.05) is 29.8 Å². The molecule has 18 heavy (non-hydrogen) atoms. The van der Waals surface area contributed by atoms with Crippen molar-refractivity contribution in [3.63, 3.8) is 0 Å². The van der Waals surface area contributed by atoms with E-state index in [0.717, 1.165) is 22.8 Å². The molecule has 0 amide bonds. The highest BCUT2D eigenvalue weighted by Gasteiger charge is 2.13. The first-order valence-electron chi connectivity index (χ1n) is 6.19. The van der Waals surface area contributed by atoms with Crippen molar-refractivity contribution in [1.29, 1.82) is 0 Å². The van der Waals surface area contributed by atoms with Crippen molar-refractivity contribution in [3.8, 4) is 0 Å². The first-order valence-corrected chi connectivity index (χ1v) is 6.57. The third-order valence-electron chi connectivity index (χ3n) is 2.99. The van der Waals surface area contributed by atoms with Gasteiger partial charge in [0, 0.05) is 23.5 Å². The second-order valence-electron chi connectivity index (χ2n) is 4.59. The van der Waals surface area contributed by atoms with Gasteiger partial charge in [-0.25, -0.2) is 0 Å². The zero-order valence-electron chi connectivity index (χ0n) is 10.7. The lowest BCUT2D eigenvalue weighted by atomic mass is 10.1. The maximum atomic E-state index is 6.19. The summed E-state index contributed by atoms with van der Waals surface area (Å²) >= 11 is 6.19. The third kappa shape index (κ3) is 3.37. The van der Waals surface area contributed by atoms with Gasteiger partial charge in [0.2, 0.25) is 0 Å². The predicted molar refractivity (Wildman–Crippen MR) is 74.9 cm³/mol. The molecule has 2 atom stereocenters. The van der Waals surface area contributed by atoms with E-state index in [1.54, 1.807) is 6.26 Å². The summed E-state index contributed by atoms with van der Waals surface area (Å²) in [5, 5.41) is 4.34. The molecule has 2 nitrogen and oxygen atoms in total. The summed E-state index contributed by atoms with van der Waals surface area (Å²) in [5.41, 5.74) is 1.13. The van der Waals surface area contributed by atoms with E-state index in [9.17, 15) is 0 Å². The van der Waals surface area contributed by atoms with Crippen molar-refractivity contribution >= 4 is 11.6 Å². The maximum absolute atomic E-state index is 6.19. The minimum absolute atomic E-state index is 0.226. The molecule has 1 heterocycles. The minimum atomic E-state index is 0.226. The van der Waals surface area contributed by atoms with Gasteiger partial charge in [0.15, 0.2) is 0 Å². The molecule has 0 aliphatic heterocycles. The highest BCUT2D eigenvalue weighted by Crippen LogP contribution is 2.22. The van der Waals surface area contributed by atoms with Crippen LogP contribution in [0.1, 0.15) is 31.2 Å². The zero-order chi connectivity index (χ0) is 13.0. The van der Waals surface area contributed by atoms with Crippen molar-refractivity contribution in [3.05, 3.63) is 59.0 Å². The molecule has 0 radical (unpaired) electrons. The molecule has 2 rings (SSSR count). The molecule has 0 saturated carbocycles. The SMILES string of the molecule is CC(Cc1ccco1)N[C@H](C)c1ccccc1Cl. The van der Waals surface area contributed by atoms with Gasteiger partial charge >= 0.3 is 0 Å². The second kappa shape index (κ2) is 6.07. The Morgan fingerprint density at radius 3 is 2.61 bits per heavy atom. The molecule has 1 N–H and O–H groups in total. The van der Waals surface area contributed by atoms with Crippen LogP contribution < -0.4 is 5.32 Å². The number of halogens is 1. The summed E-state index contributed by atoms with van der Waals surface area (Å²) in [6.45, 7) is 4.27. The van der Waals surface area contributed by atoms with Crippen molar-refractivity contribution < 1.29 is 4.42 Å². The van der Waals surface area contributed by atoms with Gasteiger partial charge < -0.3 is 9.73 Å². The Hall–Kier alpha value is -1.25. The summed E-state index contributed by atoms with van der Waals surface area (Å²) in [6, 6.07) is 12.4. The Morgan fingerprint density at radius 2 is 1.94 bits per heavy atom. The molecule has 0 aliphatic rings. The number of hydrogen-bond donors (Lipinski definition) is 1. The molecule has 0 bridgehead atoms. The quantitative estimate of drug-likeness (QED) is 0.874. The van der Waals surface area contributed by atoms with Crippen LogP contribution in [0.2, 0.25) is 5.02 Å². The summed E-state index contributed by atoms with van der Waals surface area (Å²) in [7, 11) is 0. The van der Waals surface area contributed by atoms with Crippen LogP contribution in [0, 0.1) is 0 Å². The van der Waals surface area contributed by atoms with E-state index < -0.39 is 0 Å². The van der Waals surface area contributed by atoms with Crippen molar-refractivity contribution in [1.82, 2.24) is 5.32 Å². The molecule has 0 aliphatic carbocycles. The Kier molecular flexibility index (Phi) is 4.45. The van der Waals surface area contributed by atoms with Gasteiger partial charge in [0.05, 0.1) is 6.26 Å². The maximum Gasteiger partial charge on any atom is 0.105 e. The fourth-order valence-corrected chi connectivity index (χ4v) is 2.43. The summed E-state index contributed by atoms with van der Waals surface area (Å²) in [6.07, 6.45) is 2.58. The van der Waals surface area contributed by atoms with E-state index in [1.165, 1.54) is 0 Å². The fraction of sp³-hybridized carbons (Fsp3) is 0.333. The van der Waals surface area contributed by atoms with Gasteiger partial charge in [-0.15, -0.1) is 0 Å². The van der Waals surface area contributed by atoms with E-state index in [1.807, 2.05) is 30.3 Å². The van der Waals surface area contributed by atoms with Crippen molar-refractivity contribution in [2.24, 2.45) is 0 Å². The zero-order valence-corrected chi connectivity index (χ0v) is 11.4. The van der Waals surface area contributed by atoms with Crippen molar-refractivity contribution in [2.75, 3.05) is 0 Å². The van der Waals surface area contributed by atoms with Gasteiger partial charge in [-0.3, -0.25) is 0 Å². The normalized spacial score (nSPS) is 14.4. The van der Waals surface area contributed by atoms with Crippen LogP contribution >= 0.6 is 11.6 Å². The monoisotopic (exact) mass is 263 g/mol. The van der Waals surface area contributed by atoms with Gasteiger partial charge in [0.25, 0.3) is 0 Å². The minimum Gasteiger partial charge on any atom is -0.469 e. The smallest absolute Gasteiger partial charge is 0.105 e. The van der Waals surface area contributed by atoms with Crippen LogP contribution in [0.25, 0.3) is 0 Å². The average molecular weight is 264 g/mol. The third-order valence-corrected chi connectivity index (χ3v) is 3.34. The predicted octanol–water partition coefficient (Wildman–Crippen LogP) is 4.21. The molecule has 0 spiro atoms. The van der Waals surface area contributed by atoms with E-state index in [2.05, 4.69) is 25.2 Å². The highest BCUT2D eigenvalue weighted by atomic mass is 35.5. The Balaban J connectivity index is 1.95. The Labute approximate surface area is 113 Å². The number of benzene rings is 1. The molecule has 2 aromatic rings. The first-order chi connectivity index (χ1) is 8.66. The summed E-state index contributed by atoms with van der Waals surface area (Å²) in [4.78, 5) is 0. The van der Waals surface area contributed by atoms with Crippen LogP contribution in [0.4, 0.5) is 0 Å². The lowest BCUT2D eigenvalue weighted by Gasteiger charge is -2.20. The van der Waals surface area contributed by atoms with Crippen LogP contribution in [-0.2, 0) is 6.42 Å². The lowest BCUT2D eigenvalue weighted by molar-refractivity contribution is 0.429. The molecular weight excluding hydrogens is 246 g/mol. The molecule has 0 fully saturated rings. The molecule has 3 heteroatoms. The standard InChI is InChI=1S/C15H18ClNO/c1-11(10-13-6-5-9-18-13)17-12(2)14-7-3-4-8-15(14)16/h3-9,11-12,17H,10H2,1-2H3/t11?,12-/m1/s1. The van der Waals surface area contributed by atoms with Crippen molar-refractivity contribution in [2.45, 2.75) is 32.4 Å². The van der Waals surface area contributed by atoms with E-state index in [-0.39, 0.29) is 6.04 Å². The largest absolute Gasteiger partial charge is 0.469 e. The first kappa shape index (κ1) is 13.2. The molecular formula is C15H18ClNO. The number of nitrogens with one attached hydrogen (secondary N) is 1. The van der Waals surface area contributed by atoms with Gasteiger partial charge in [0.1, 0.15) is 5.76 Å². The topological polar surface area (TPSA) is 25.2 Å². The van der Waals surface area contributed by atoms with E-state index in [4.69, 9.17) is 16.0 Å². The Bertz CT molecular complexity index is 481. The van der Waals surface area contributed by atoms with Gasteiger partial charge in [-0.05, 0) is 37.6 Å². The molecule has 96 valence electrons. The second-order valence-corrected chi connectivity index (χ2v) is 5.00. The van der Waals surface area contributed by atoms with Crippen LogP contribution in [0.15, 0.2) is 47.1 Å². The van der Waals surface area contributed by atoms with E-state index >= 15 is 0 Å². The summed E-state index contributed by atoms with van der Waals surface area (Å²) in [5.74, 6) is 1.00. The number of rotatable bonds is 5.